The van der Waals surface area contributed by atoms with Gasteiger partial charge in [-0.1, -0.05) is 24.6 Å². The Morgan fingerprint density at radius 2 is 2.26 bits per heavy atom. The van der Waals surface area contributed by atoms with Crippen molar-refractivity contribution in [3.63, 3.8) is 0 Å². The van der Waals surface area contributed by atoms with E-state index in [1.165, 1.54) is 10.9 Å². The monoisotopic (exact) mass is 295 g/mol. The Balaban J connectivity index is 2.31. The maximum atomic E-state index is 11.2. The van der Waals surface area contributed by atoms with Crippen molar-refractivity contribution in [3.8, 4) is 0 Å². The van der Waals surface area contributed by atoms with E-state index in [-0.39, 0.29) is 11.6 Å². The van der Waals surface area contributed by atoms with E-state index in [2.05, 4.69) is 12.2 Å². The SMILES string of the molecule is CCC(Nc1cc(Cl)ccc1C(=O)O)c1cccs1. The summed E-state index contributed by atoms with van der Waals surface area (Å²) in [6.45, 7) is 2.06. The van der Waals surface area contributed by atoms with Gasteiger partial charge in [0.1, 0.15) is 0 Å². The van der Waals surface area contributed by atoms with Crippen LogP contribution in [0, 0.1) is 0 Å². The van der Waals surface area contributed by atoms with Crippen LogP contribution in [0.25, 0.3) is 0 Å². The normalized spacial score (nSPS) is 12.1. The molecular formula is C14H14ClNO2S. The number of hydrogen-bond acceptors (Lipinski definition) is 3. The summed E-state index contributed by atoms with van der Waals surface area (Å²) < 4.78 is 0. The van der Waals surface area contributed by atoms with E-state index in [1.807, 2.05) is 17.5 Å². The van der Waals surface area contributed by atoms with Crippen LogP contribution in [0.2, 0.25) is 5.02 Å². The van der Waals surface area contributed by atoms with E-state index >= 15 is 0 Å². The zero-order valence-corrected chi connectivity index (χ0v) is 12.0. The molecule has 5 heteroatoms. The molecule has 0 saturated carbocycles. The van der Waals surface area contributed by atoms with Crippen molar-refractivity contribution < 1.29 is 9.90 Å². The molecule has 0 aliphatic carbocycles. The molecule has 0 radical (unpaired) electrons. The smallest absolute Gasteiger partial charge is 0.337 e. The molecule has 1 heterocycles. The molecule has 0 amide bonds. The molecule has 1 aromatic carbocycles. The summed E-state index contributed by atoms with van der Waals surface area (Å²) in [7, 11) is 0. The van der Waals surface area contributed by atoms with E-state index in [1.54, 1.807) is 23.5 Å². The van der Waals surface area contributed by atoms with Crippen LogP contribution >= 0.6 is 22.9 Å². The molecule has 1 atom stereocenters. The number of thiophene rings is 1. The van der Waals surface area contributed by atoms with E-state index < -0.39 is 5.97 Å². The average molecular weight is 296 g/mol. The number of hydrogen-bond donors (Lipinski definition) is 2. The van der Waals surface area contributed by atoms with Gasteiger partial charge in [-0.05, 0) is 36.1 Å². The maximum Gasteiger partial charge on any atom is 0.337 e. The quantitative estimate of drug-likeness (QED) is 0.843. The second-order valence-corrected chi connectivity index (χ2v) is 5.53. The third-order valence-corrected chi connectivity index (χ3v) is 4.06. The molecule has 2 rings (SSSR count). The van der Waals surface area contributed by atoms with Gasteiger partial charge in [-0.15, -0.1) is 11.3 Å². The molecular weight excluding hydrogens is 282 g/mol. The first-order valence-electron chi connectivity index (χ1n) is 5.94. The number of anilines is 1. The summed E-state index contributed by atoms with van der Waals surface area (Å²) in [5, 5.41) is 15.0. The maximum absolute atomic E-state index is 11.2. The molecule has 0 fully saturated rings. The van der Waals surface area contributed by atoms with Gasteiger partial charge in [-0.25, -0.2) is 4.79 Å². The van der Waals surface area contributed by atoms with Crippen LogP contribution in [-0.2, 0) is 0 Å². The number of halogens is 1. The van der Waals surface area contributed by atoms with Crippen LogP contribution in [0.3, 0.4) is 0 Å². The summed E-state index contributed by atoms with van der Waals surface area (Å²) in [6.07, 6.45) is 0.867. The number of carboxylic acid groups (broad SMARTS) is 1. The molecule has 3 nitrogen and oxygen atoms in total. The van der Waals surface area contributed by atoms with Crippen LogP contribution in [0.1, 0.15) is 34.6 Å². The van der Waals surface area contributed by atoms with Crippen molar-refractivity contribution in [2.75, 3.05) is 5.32 Å². The second-order valence-electron chi connectivity index (χ2n) is 4.12. The summed E-state index contributed by atoms with van der Waals surface area (Å²) >= 11 is 7.59. The minimum absolute atomic E-state index is 0.0940. The van der Waals surface area contributed by atoms with Gasteiger partial charge in [0.05, 0.1) is 17.3 Å². The highest BCUT2D eigenvalue weighted by molar-refractivity contribution is 7.10. The van der Waals surface area contributed by atoms with E-state index in [4.69, 9.17) is 11.6 Å². The van der Waals surface area contributed by atoms with Crippen LogP contribution in [0.15, 0.2) is 35.7 Å². The predicted octanol–water partition coefficient (Wildman–Crippen LogP) is 4.66. The van der Waals surface area contributed by atoms with Crippen LogP contribution in [0.4, 0.5) is 5.69 Å². The van der Waals surface area contributed by atoms with Gasteiger partial charge in [0.2, 0.25) is 0 Å². The van der Waals surface area contributed by atoms with Crippen LogP contribution < -0.4 is 5.32 Å². The summed E-state index contributed by atoms with van der Waals surface area (Å²) in [6, 6.07) is 8.88. The molecule has 0 saturated heterocycles. The predicted molar refractivity (Wildman–Crippen MR) is 79.4 cm³/mol. The molecule has 2 aromatic rings. The average Bonchev–Trinajstić information content (AvgIpc) is 2.89. The van der Waals surface area contributed by atoms with Gasteiger partial charge in [0, 0.05) is 9.90 Å². The zero-order valence-electron chi connectivity index (χ0n) is 10.4. The number of benzene rings is 1. The number of aromatic carboxylic acids is 1. The Kier molecular flexibility index (Phi) is 4.45. The fourth-order valence-corrected chi connectivity index (χ4v) is 2.91. The Hall–Kier alpha value is -1.52. The topological polar surface area (TPSA) is 49.3 Å². The highest BCUT2D eigenvalue weighted by Crippen LogP contribution is 2.29. The highest BCUT2D eigenvalue weighted by atomic mass is 35.5. The van der Waals surface area contributed by atoms with Crippen LogP contribution in [-0.4, -0.2) is 11.1 Å². The van der Waals surface area contributed by atoms with Crippen LogP contribution in [0.5, 0.6) is 0 Å². The lowest BCUT2D eigenvalue weighted by atomic mass is 10.1. The second kappa shape index (κ2) is 6.08. The molecule has 19 heavy (non-hydrogen) atoms. The van der Waals surface area contributed by atoms with Gasteiger partial charge < -0.3 is 10.4 Å². The largest absolute Gasteiger partial charge is 0.478 e. The van der Waals surface area contributed by atoms with Crippen molar-refractivity contribution >= 4 is 34.6 Å². The molecule has 0 bridgehead atoms. The summed E-state index contributed by atoms with van der Waals surface area (Å²) in [5.74, 6) is -0.958. The first-order chi connectivity index (χ1) is 9.11. The van der Waals surface area contributed by atoms with E-state index in [9.17, 15) is 9.90 Å². The number of carbonyl (C=O) groups is 1. The Morgan fingerprint density at radius 3 is 2.84 bits per heavy atom. The third-order valence-electron chi connectivity index (χ3n) is 2.84. The Bertz CT molecular complexity index is 569. The minimum Gasteiger partial charge on any atom is -0.478 e. The molecule has 0 aliphatic heterocycles. The molecule has 2 N–H and O–H groups in total. The standard InChI is InChI=1S/C14H14ClNO2S/c1-2-11(13-4-3-7-19-13)16-12-8-9(15)5-6-10(12)14(17)18/h3-8,11,16H,2H2,1H3,(H,17,18). The van der Waals surface area contributed by atoms with Gasteiger partial charge in [0.15, 0.2) is 0 Å². The molecule has 100 valence electrons. The Labute approximate surface area is 120 Å². The highest BCUT2D eigenvalue weighted by Gasteiger charge is 2.15. The molecule has 0 spiro atoms. The van der Waals surface area contributed by atoms with Crippen molar-refractivity contribution in [1.82, 2.24) is 0 Å². The first-order valence-corrected chi connectivity index (χ1v) is 7.20. The van der Waals surface area contributed by atoms with Crippen molar-refractivity contribution in [3.05, 3.63) is 51.2 Å². The summed E-state index contributed by atoms with van der Waals surface area (Å²) in [4.78, 5) is 12.4. The van der Waals surface area contributed by atoms with Crippen molar-refractivity contribution in [1.29, 1.82) is 0 Å². The molecule has 1 unspecified atom stereocenters. The first kappa shape index (κ1) is 13.9. The fraction of sp³-hybridized carbons (Fsp3) is 0.214. The van der Waals surface area contributed by atoms with Crippen molar-refractivity contribution in [2.24, 2.45) is 0 Å². The lowest BCUT2D eigenvalue weighted by Gasteiger charge is -2.18. The van der Waals surface area contributed by atoms with Gasteiger partial charge >= 0.3 is 5.97 Å². The molecule has 0 aliphatic rings. The van der Waals surface area contributed by atoms with E-state index in [0.717, 1.165) is 6.42 Å². The van der Waals surface area contributed by atoms with Gasteiger partial charge in [0.25, 0.3) is 0 Å². The third kappa shape index (κ3) is 3.28. The van der Waals surface area contributed by atoms with Crippen molar-refractivity contribution in [2.45, 2.75) is 19.4 Å². The lowest BCUT2D eigenvalue weighted by molar-refractivity contribution is 0.0698. The number of nitrogens with one attached hydrogen (secondary N) is 1. The van der Waals surface area contributed by atoms with E-state index in [0.29, 0.717) is 10.7 Å². The zero-order chi connectivity index (χ0) is 13.8. The van der Waals surface area contributed by atoms with Gasteiger partial charge in [-0.3, -0.25) is 0 Å². The minimum atomic E-state index is -0.958. The summed E-state index contributed by atoms with van der Waals surface area (Å²) in [5.41, 5.74) is 0.791. The lowest BCUT2D eigenvalue weighted by Crippen LogP contribution is -2.11. The molecule has 1 aromatic heterocycles. The van der Waals surface area contributed by atoms with Gasteiger partial charge in [-0.2, -0.15) is 0 Å². The fourth-order valence-electron chi connectivity index (χ4n) is 1.87. The number of carboxylic acids is 1. The Morgan fingerprint density at radius 1 is 1.47 bits per heavy atom. The number of rotatable bonds is 5.